The van der Waals surface area contributed by atoms with Crippen molar-refractivity contribution in [2.24, 2.45) is 7.05 Å². The number of rotatable bonds is 4. The monoisotopic (exact) mass is 286 g/mol. The molecule has 110 valence electrons. The zero-order valence-electron chi connectivity index (χ0n) is 12.5. The van der Waals surface area contributed by atoms with Crippen molar-refractivity contribution in [2.45, 2.75) is 13.8 Å². The molecule has 2 aromatic heterocycles. The molecule has 2 aromatic rings. The van der Waals surface area contributed by atoms with Gasteiger partial charge in [-0.1, -0.05) is 0 Å². The van der Waals surface area contributed by atoms with E-state index in [-0.39, 0.29) is 5.91 Å². The van der Waals surface area contributed by atoms with Crippen LogP contribution in [0.15, 0.2) is 24.4 Å². The summed E-state index contributed by atoms with van der Waals surface area (Å²) < 4.78 is 6.75. The van der Waals surface area contributed by atoms with E-state index in [0.29, 0.717) is 11.6 Å². The quantitative estimate of drug-likeness (QED) is 0.874. The maximum Gasteiger partial charge on any atom is 0.248 e. The van der Waals surface area contributed by atoms with Gasteiger partial charge in [0.1, 0.15) is 0 Å². The number of carbonyl (C=O) groups excluding carboxylic acids is 1. The van der Waals surface area contributed by atoms with Crippen molar-refractivity contribution in [1.82, 2.24) is 14.8 Å². The molecule has 0 saturated heterocycles. The molecule has 0 bridgehead atoms. The molecule has 1 N–H and O–H groups in total. The molecule has 2 rings (SSSR count). The van der Waals surface area contributed by atoms with E-state index in [1.165, 1.54) is 6.08 Å². The highest BCUT2D eigenvalue weighted by Crippen LogP contribution is 2.14. The van der Waals surface area contributed by atoms with Crippen molar-refractivity contribution in [1.29, 1.82) is 0 Å². The van der Waals surface area contributed by atoms with Gasteiger partial charge < -0.3 is 10.1 Å². The lowest BCUT2D eigenvalue weighted by molar-refractivity contribution is -0.111. The molecule has 0 atom stereocenters. The first-order valence-corrected chi connectivity index (χ1v) is 6.50. The van der Waals surface area contributed by atoms with Crippen LogP contribution in [0.4, 0.5) is 5.69 Å². The molecule has 0 saturated carbocycles. The Morgan fingerprint density at radius 3 is 2.67 bits per heavy atom. The lowest BCUT2D eigenvalue weighted by Gasteiger charge is -2.02. The van der Waals surface area contributed by atoms with Crippen molar-refractivity contribution in [3.05, 3.63) is 41.4 Å². The predicted molar refractivity (Wildman–Crippen MR) is 81.1 cm³/mol. The number of anilines is 1. The van der Waals surface area contributed by atoms with Crippen molar-refractivity contribution in [3.8, 4) is 5.88 Å². The number of aryl methyl sites for hydroxylation is 2. The van der Waals surface area contributed by atoms with Gasteiger partial charge in [0.25, 0.3) is 0 Å². The third-order valence-corrected chi connectivity index (χ3v) is 3.18. The van der Waals surface area contributed by atoms with Crippen LogP contribution >= 0.6 is 0 Å². The highest BCUT2D eigenvalue weighted by molar-refractivity contribution is 6.01. The molecule has 6 nitrogen and oxygen atoms in total. The van der Waals surface area contributed by atoms with Gasteiger partial charge in [0, 0.05) is 30.4 Å². The maximum atomic E-state index is 11.9. The van der Waals surface area contributed by atoms with Gasteiger partial charge >= 0.3 is 0 Å². The van der Waals surface area contributed by atoms with Crippen molar-refractivity contribution < 1.29 is 9.53 Å². The third kappa shape index (κ3) is 3.47. The molecule has 0 unspecified atom stereocenters. The van der Waals surface area contributed by atoms with Gasteiger partial charge in [-0.05, 0) is 26.0 Å². The van der Waals surface area contributed by atoms with Gasteiger partial charge in [0.2, 0.25) is 11.8 Å². The van der Waals surface area contributed by atoms with E-state index in [1.807, 2.05) is 20.9 Å². The summed E-state index contributed by atoms with van der Waals surface area (Å²) in [5, 5.41) is 7.04. The second kappa shape index (κ2) is 6.21. The summed E-state index contributed by atoms with van der Waals surface area (Å²) in [5.74, 6) is 0.287. The van der Waals surface area contributed by atoms with Gasteiger partial charge in [-0.15, -0.1) is 0 Å². The summed E-state index contributed by atoms with van der Waals surface area (Å²) in [7, 11) is 3.42. The molecule has 21 heavy (non-hydrogen) atoms. The highest BCUT2D eigenvalue weighted by atomic mass is 16.5. The van der Waals surface area contributed by atoms with E-state index in [0.717, 1.165) is 17.0 Å². The Hall–Kier alpha value is -2.63. The van der Waals surface area contributed by atoms with E-state index in [9.17, 15) is 4.79 Å². The fourth-order valence-corrected chi connectivity index (χ4v) is 1.95. The first kappa shape index (κ1) is 14.8. The van der Waals surface area contributed by atoms with Crippen molar-refractivity contribution >= 4 is 17.7 Å². The minimum absolute atomic E-state index is 0.218. The Bertz CT molecular complexity index is 672. The van der Waals surface area contributed by atoms with Crippen LogP contribution < -0.4 is 10.1 Å². The van der Waals surface area contributed by atoms with Crippen LogP contribution in [-0.2, 0) is 11.8 Å². The van der Waals surface area contributed by atoms with E-state index < -0.39 is 0 Å². The summed E-state index contributed by atoms with van der Waals surface area (Å²) in [5.41, 5.74) is 3.48. The molecule has 0 aliphatic carbocycles. The Morgan fingerprint density at radius 1 is 1.38 bits per heavy atom. The fourth-order valence-electron chi connectivity index (χ4n) is 1.95. The van der Waals surface area contributed by atoms with Gasteiger partial charge in [0.05, 0.1) is 24.7 Å². The number of nitrogens with one attached hydrogen (secondary N) is 1. The third-order valence-electron chi connectivity index (χ3n) is 3.18. The standard InChI is InChI=1S/C15H18N4O2/c1-10-13(11(2)19(3)18-10)6-7-14(20)17-12-5-8-15(21-4)16-9-12/h5-9H,1-4H3,(H,17,20)/b7-6+. The normalized spacial score (nSPS) is 10.9. The molecule has 0 radical (unpaired) electrons. The Labute approximate surface area is 123 Å². The Morgan fingerprint density at radius 2 is 2.14 bits per heavy atom. The fraction of sp³-hybridized carbons (Fsp3) is 0.267. The number of hydrogen-bond donors (Lipinski definition) is 1. The minimum atomic E-state index is -0.218. The molecule has 0 spiro atoms. The number of pyridine rings is 1. The summed E-state index contributed by atoms with van der Waals surface area (Å²) in [6.45, 7) is 3.88. The smallest absolute Gasteiger partial charge is 0.248 e. The maximum absolute atomic E-state index is 11.9. The number of hydrogen-bond acceptors (Lipinski definition) is 4. The number of ether oxygens (including phenoxy) is 1. The number of nitrogens with zero attached hydrogens (tertiary/aromatic N) is 3. The SMILES string of the molecule is COc1ccc(NC(=O)/C=C/c2c(C)nn(C)c2C)cn1. The number of aromatic nitrogens is 3. The lowest BCUT2D eigenvalue weighted by Crippen LogP contribution is -2.08. The van der Waals surface area contributed by atoms with Crippen molar-refractivity contribution in [3.63, 3.8) is 0 Å². The van der Waals surface area contributed by atoms with Gasteiger partial charge in [-0.3, -0.25) is 9.48 Å². The van der Waals surface area contributed by atoms with E-state index in [1.54, 1.807) is 36.2 Å². The van der Waals surface area contributed by atoms with Crippen LogP contribution in [-0.4, -0.2) is 27.8 Å². The zero-order chi connectivity index (χ0) is 15.4. The molecule has 0 aliphatic heterocycles. The average molecular weight is 286 g/mol. The predicted octanol–water partition coefficient (Wildman–Crippen LogP) is 2.09. The topological polar surface area (TPSA) is 69.0 Å². The van der Waals surface area contributed by atoms with E-state index in [4.69, 9.17) is 4.74 Å². The molecule has 2 heterocycles. The first-order valence-electron chi connectivity index (χ1n) is 6.50. The molecule has 0 aromatic carbocycles. The van der Waals surface area contributed by atoms with Crippen LogP contribution in [0.25, 0.3) is 6.08 Å². The summed E-state index contributed by atoms with van der Waals surface area (Å²) in [4.78, 5) is 15.9. The molecule has 6 heteroatoms. The van der Waals surface area contributed by atoms with Gasteiger partial charge in [-0.2, -0.15) is 5.10 Å². The van der Waals surface area contributed by atoms with Gasteiger partial charge in [0.15, 0.2) is 0 Å². The molecule has 0 aliphatic rings. The Balaban J connectivity index is 2.05. The average Bonchev–Trinajstić information content (AvgIpc) is 2.71. The largest absolute Gasteiger partial charge is 0.481 e. The Kier molecular flexibility index (Phi) is 4.37. The second-order valence-corrected chi connectivity index (χ2v) is 4.62. The first-order chi connectivity index (χ1) is 10.0. The van der Waals surface area contributed by atoms with Gasteiger partial charge in [-0.25, -0.2) is 4.98 Å². The second-order valence-electron chi connectivity index (χ2n) is 4.62. The lowest BCUT2D eigenvalue weighted by atomic mass is 10.2. The number of amides is 1. The van der Waals surface area contributed by atoms with Crippen LogP contribution in [0.2, 0.25) is 0 Å². The highest BCUT2D eigenvalue weighted by Gasteiger charge is 2.06. The molecule has 1 amide bonds. The molecular formula is C15H18N4O2. The van der Waals surface area contributed by atoms with E-state index >= 15 is 0 Å². The van der Waals surface area contributed by atoms with Crippen LogP contribution in [0.1, 0.15) is 17.0 Å². The molecule has 0 fully saturated rings. The minimum Gasteiger partial charge on any atom is -0.481 e. The summed E-state index contributed by atoms with van der Waals surface area (Å²) in [6.07, 6.45) is 4.80. The van der Waals surface area contributed by atoms with E-state index in [2.05, 4.69) is 15.4 Å². The van der Waals surface area contributed by atoms with Crippen LogP contribution in [0.3, 0.4) is 0 Å². The number of carbonyl (C=O) groups is 1. The van der Waals surface area contributed by atoms with Crippen LogP contribution in [0.5, 0.6) is 5.88 Å². The summed E-state index contributed by atoms with van der Waals surface area (Å²) >= 11 is 0. The summed E-state index contributed by atoms with van der Waals surface area (Å²) in [6, 6.07) is 3.42. The zero-order valence-corrected chi connectivity index (χ0v) is 12.5. The van der Waals surface area contributed by atoms with Crippen LogP contribution in [0, 0.1) is 13.8 Å². The number of methoxy groups -OCH3 is 1. The van der Waals surface area contributed by atoms with Crippen molar-refractivity contribution in [2.75, 3.05) is 12.4 Å². The molecular weight excluding hydrogens is 268 g/mol.